The Bertz CT molecular complexity index is 1140. The summed E-state index contributed by atoms with van der Waals surface area (Å²) in [4.78, 5) is 21.3. The highest BCUT2D eigenvalue weighted by atomic mass is 32.1. The molecule has 0 unspecified atom stereocenters. The minimum absolute atomic E-state index is 0.111. The molecule has 7 heteroatoms. The fraction of sp³-hybridized carbons (Fsp3) is 0.417. The molecule has 1 fully saturated rings. The van der Waals surface area contributed by atoms with Crippen LogP contribution < -0.4 is 20.7 Å². The first-order valence-corrected chi connectivity index (χ1v) is 11.8. The zero-order chi connectivity index (χ0) is 21.5. The summed E-state index contributed by atoms with van der Waals surface area (Å²) in [5, 5.41) is 3.99. The Morgan fingerprint density at radius 2 is 2.03 bits per heavy atom. The first-order valence-electron chi connectivity index (χ1n) is 11.0. The summed E-state index contributed by atoms with van der Waals surface area (Å²) < 4.78 is 6.10. The number of nitrogens with zero attached hydrogens (tertiary/aromatic N) is 2. The van der Waals surface area contributed by atoms with Gasteiger partial charge in [0.2, 0.25) is 0 Å². The second-order valence-corrected chi connectivity index (χ2v) is 9.60. The number of benzene rings is 1. The van der Waals surface area contributed by atoms with E-state index in [1.165, 1.54) is 36.3 Å². The van der Waals surface area contributed by atoms with Gasteiger partial charge in [-0.15, -0.1) is 11.3 Å². The van der Waals surface area contributed by atoms with Crippen LogP contribution in [0.4, 0.5) is 11.4 Å². The van der Waals surface area contributed by atoms with Crippen LogP contribution in [0.3, 0.4) is 0 Å². The zero-order valence-corrected chi connectivity index (χ0v) is 18.8. The van der Waals surface area contributed by atoms with Crippen molar-refractivity contribution in [2.24, 2.45) is 0 Å². The smallest absolute Gasteiger partial charge is 0.263 e. The first kappa shape index (κ1) is 20.1. The van der Waals surface area contributed by atoms with E-state index in [4.69, 9.17) is 10.5 Å². The van der Waals surface area contributed by atoms with Gasteiger partial charge in [0, 0.05) is 41.8 Å². The summed E-state index contributed by atoms with van der Waals surface area (Å²) in [5.74, 6) is 0.924. The third-order valence-corrected chi connectivity index (χ3v) is 7.60. The topological polar surface area (TPSA) is 80.5 Å². The van der Waals surface area contributed by atoms with E-state index in [9.17, 15) is 4.79 Å². The molecule has 1 amide bonds. The lowest BCUT2D eigenvalue weighted by Crippen LogP contribution is -2.44. The van der Waals surface area contributed by atoms with Crippen LogP contribution in [0.5, 0.6) is 5.75 Å². The normalized spacial score (nSPS) is 20.9. The van der Waals surface area contributed by atoms with Crippen LogP contribution >= 0.6 is 11.3 Å². The second kappa shape index (κ2) is 8.04. The molecule has 0 spiro atoms. The number of aryl methyl sites for hydroxylation is 1. The average molecular weight is 437 g/mol. The molecule has 3 N–H and O–H groups in total. The molecule has 1 saturated heterocycles. The largest absolute Gasteiger partial charge is 0.491 e. The van der Waals surface area contributed by atoms with Crippen molar-refractivity contribution >= 4 is 38.8 Å². The summed E-state index contributed by atoms with van der Waals surface area (Å²) in [6.07, 6.45) is 3.81. The van der Waals surface area contributed by atoms with Gasteiger partial charge in [-0.3, -0.25) is 4.79 Å². The Morgan fingerprint density at radius 3 is 2.84 bits per heavy atom. The van der Waals surface area contributed by atoms with Crippen LogP contribution in [0.2, 0.25) is 0 Å². The van der Waals surface area contributed by atoms with Crippen LogP contribution in [0.25, 0.3) is 10.2 Å². The maximum absolute atomic E-state index is 13.0. The molecular formula is C24H28N4O2S. The standard InChI is InChI=1S/C24H28N4O2S/c1-14-6-8-18-21(25)22(31-24(18)26-14)23(29)27-19-13-30-20-12-16(7-9-17(20)15(19)2)28-10-4-3-5-11-28/h6-9,12,15,19H,3-5,10-11,13,25H2,1-2H3,(H,27,29)/t15-,19+/m0/s1. The molecule has 0 saturated carbocycles. The maximum atomic E-state index is 13.0. The van der Waals surface area contributed by atoms with Crippen LogP contribution in [0.15, 0.2) is 30.3 Å². The molecule has 2 aliphatic heterocycles. The van der Waals surface area contributed by atoms with E-state index in [0.29, 0.717) is 17.2 Å². The molecule has 2 aliphatic rings. The van der Waals surface area contributed by atoms with Gasteiger partial charge in [0.05, 0.1) is 11.7 Å². The predicted molar refractivity (Wildman–Crippen MR) is 126 cm³/mol. The van der Waals surface area contributed by atoms with E-state index in [0.717, 1.165) is 40.3 Å². The van der Waals surface area contributed by atoms with Crippen molar-refractivity contribution in [3.05, 3.63) is 46.5 Å². The number of nitrogen functional groups attached to an aromatic ring is 1. The number of nitrogens with two attached hydrogens (primary N) is 1. The van der Waals surface area contributed by atoms with E-state index < -0.39 is 0 Å². The van der Waals surface area contributed by atoms with E-state index in [-0.39, 0.29) is 17.9 Å². The summed E-state index contributed by atoms with van der Waals surface area (Å²) in [6.45, 7) is 6.75. The van der Waals surface area contributed by atoms with Crippen molar-refractivity contribution in [3.8, 4) is 5.75 Å². The number of ether oxygens (including phenoxy) is 1. The van der Waals surface area contributed by atoms with Crippen molar-refractivity contribution in [1.29, 1.82) is 0 Å². The average Bonchev–Trinajstić information content (AvgIpc) is 3.11. The molecule has 2 aromatic heterocycles. The number of hydrogen-bond donors (Lipinski definition) is 2. The molecule has 31 heavy (non-hydrogen) atoms. The number of pyridine rings is 1. The van der Waals surface area contributed by atoms with E-state index in [1.807, 2.05) is 19.1 Å². The molecule has 5 rings (SSSR count). The predicted octanol–water partition coefficient (Wildman–Crippen LogP) is 4.47. The van der Waals surface area contributed by atoms with Gasteiger partial charge in [0.25, 0.3) is 5.91 Å². The third kappa shape index (κ3) is 3.71. The first-order chi connectivity index (χ1) is 15.0. The minimum Gasteiger partial charge on any atom is -0.491 e. The minimum atomic E-state index is -0.160. The molecule has 2 atom stereocenters. The fourth-order valence-electron chi connectivity index (χ4n) is 4.57. The van der Waals surface area contributed by atoms with Gasteiger partial charge in [0.15, 0.2) is 0 Å². The zero-order valence-electron chi connectivity index (χ0n) is 18.0. The van der Waals surface area contributed by atoms with Gasteiger partial charge >= 0.3 is 0 Å². The Balaban J connectivity index is 1.34. The number of carbonyl (C=O) groups is 1. The highest BCUT2D eigenvalue weighted by molar-refractivity contribution is 7.21. The lowest BCUT2D eigenvalue weighted by atomic mass is 9.90. The van der Waals surface area contributed by atoms with Gasteiger partial charge in [-0.1, -0.05) is 13.0 Å². The SMILES string of the molecule is Cc1ccc2c(N)c(C(=O)N[C@@H]3COc4cc(N5CCCCC5)ccc4[C@@H]3C)sc2n1. The number of hydrogen-bond acceptors (Lipinski definition) is 6. The second-order valence-electron chi connectivity index (χ2n) is 8.60. The van der Waals surface area contributed by atoms with Crippen molar-refractivity contribution in [3.63, 3.8) is 0 Å². The maximum Gasteiger partial charge on any atom is 0.263 e. The summed E-state index contributed by atoms with van der Waals surface area (Å²) in [7, 11) is 0. The van der Waals surface area contributed by atoms with Crippen LogP contribution in [-0.4, -0.2) is 36.6 Å². The number of rotatable bonds is 3. The number of thiophene rings is 1. The lowest BCUT2D eigenvalue weighted by molar-refractivity contribution is 0.0909. The van der Waals surface area contributed by atoms with Gasteiger partial charge in [-0.25, -0.2) is 4.98 Å². The molecule has 1 aromatic carbocycles. The van der Waals surface area contributed by atoms with Gasteiger partial charge in [0.1, 0.15) is 22.1 Å². The monoisotopic (exact) mass is 436 g/mol. The van der Waals surface area contributed by atoms with Crippen LogP contribution in [-0.2, 0) is 0 Å². The number of nitrogens with one attached hydrogen (secondary N) is 1. The molecular weight excluding hydrogens is 408 g/mol. The molecule has 0 aliphatic carbocycles. The van der Waals surface area contributed by atoms with E-state index in [2.05, 4.69) is 40.3 Å². The van der Waals surface area contributed by atoms with Gasteiger partial charge < -0.3 is 20.7 Å². The number of anilines is 2. The van der Waals surface area contributed by atoms with Gasteiger partial charge in [-0.2, -0.15) is 0 Å². The fourth-order valence-corrected chi connectivity index (χ4v) is 5.62. The highest BCUT2D eigenvalue weighted by Crippen LogP contribution is 2.38. The summed E-state index contributed by atoms with van der Waals surface area (Å²) in [5.41, 5.74) is 10.0. The number of fused-ring (bicyclic) bond motifs is 2. The Labute approximate surface area is 186 Å². The number of carbonyl (C=O) groups excluding carboxylic acids is 1. The quantitative estimate of drug-likeness (QED) is 0.633. The van der Waals surface area contributed by atoms with E-state index >= 15 is 0 Å². The molecule has 6 nitrogen and oxygen atoms in total. The number of piperidine rings is 1. The summed E-state index contributed by atoms with van der Waals surface area (Å²) >= 11 is 1.34. The highest BCUT2D eigenvalue weighted by Gasteiger charge is 2.31. The molecule has 0 bridgehead atoms. The van der Waals surface area contributed by atoms with Crippen LogP contribution in [0, 0.1) is 6.92 Å². The van der Waals surface area contributed by atoms with Gasteiger partial charge in [-0.05, 0) is 49.9 Å². The van der Waals surface area contributed by atoms with Crippen molar-refractivity contribution in [2.75, 3.05) is 30.3 Å². The number of aromatic nitrogens is 1. The lowest BCUT2D eigenvalue weighted by Gasteiger charge is -2.34. The van der Waals surface area contributed by atoms with E-state index in [1.54, 1.807) is 0 Å². The van der Waals surface area contributed by atoms with Crippen molar-refractivity contribution in [1.82, 2.24) is 10.3 Å². The molecule has 4 heterocycles. The Morgan fingerprint density at radius 1 is 1.23 bits per heavy atom. The molecule has 162 valence electrons. The molecule has 0 radical (unpaired) electrons. The van der Waals surface area contributed by atoms with Crippen LogP contribution in [0.1, 0.15) is 53.0 Å². The molecule has 3 aromatic rings. The Hall–Kier alpha value is -2.80. The van der Waals surface area contributed by atoms with Crippen molar-refractivity contribution in [2.45, 2.75) is 45.1 Å². The Kier molecular flexibility index (Phi) is 5.22. The number of amides is 1. The third-order valence-electron chi connectivity index (χ3n) is 6.49. The van der Waals surface area contributed by atoms with Crippen molar-refractivity contribution < 1.29 is 9.53 Å². The summed E-state index contributed by atoms with van der Waals surface area (Å²) in [6, 6.07) is 10.2.